The van der Waals surface area contributed by atoms with Crippen molar-refractivity contribution in [1.82, 2.24) is 9.78 Å². The van der Waals surface area contributed by atoms with E-state index in [0.29, 0.717) is 22.0 Å². The molecule has 0 N–H and O–H groups in total. The van der Waals surface area contributed by atoms with Gasteiger partial charge in [0.25, 0.3) is 0 Å². The van der Waals surface area contributed by atoms with E-state index in [1.165, 1.54) is 18.9 Å². The van der Waals surface area contributed by atoms with E-state index in [0.717, 1.165) is 5.56 Å². The molecule has 4 rings (SSSR count). The Bertz CT molecular complexity index is 1330. The molecule has 8 heteroatoms. The quantitative estimate of drug-likeness (QED) is 0.335. The first-order valence-corrected chi connectivity index (χ1v) is 10.7. The number of nitrogens with zero attached hydrogens (tertiary/aromatic N) is 2. The smallest absolute Gasteiger partial charge is 0.357 e. The summed E-state index contributed by atoms with van der Waals surface area (Å²) in [7, 11) is 2.49. The molecular formula is C26H21ClN2O5. The van der Waals surface area contributed by atoms with E-state index in [4.69, 9.17) is 25.8 Å². The first kappa shape index (κ1) is 23.1. The largest absolute Gasteiger partial charge is 0.488 e. The van der Waals surface area contributed by atoms with Crippen molar-refractivity contribution < 1.29 is 23.8 Å². The van der Waals surface area contributed by atoms with Crippen LogP contribution in [-0.2, 0) is 16.1 Å². The Kier molecular flexibility index (Phi) is 6.94. The van der Waals surface area contributed by atoms with Crippen LogP contribution in [0.1, 0.15) is 26.4 Å². The molecule has 1 aromatic heterocycles. The average Bonchev–Trinajstić information content (AvgIpc) is 3.28. The van der Waals surface area contributed by atoms with E-state index in [9.17, 15) is 9.59 Å². The highest BCUT2D eigenvalue weighted by atomic mass is 35.5. The highest BCUT2D eigenvalue weighted by Crippen LogP contribution is 2.35. The second kappa shape index (κ2) is 10.2. The van der Waals surface area contributed by atoms with E-state index >= 15 is 0 Å². The van der Waals surface area contributed by atoms with Gasteiger partial charge in [-0.1, -0.05) is 54.1 Å². The van der Waals surface area contributed by atoms with Crippen LogP contribution in [0.25, 0.3) is 16.9 Å². The lowest BCUT2D eigenvalue weighted by Gasteiger charge is -2.11. The molecule has 7 nitrogen and oxygen atoms in total. The molecule has 0 saturated carbocycles. The number of ether oxygens (including phenoxy) is 3. The second-order valence-electron chi connectivity index (χ2n) is 7.22. The van der Waals surface area contributed by atoms with Crippen LogP contribution in [0.3, 0.4) is 0 Å². The first-order chi connectivity index (χ1) is 16.5. The number of hydrogen-bond acceptors (Lipinski definition) is 6. The average molecular weight is 477 g/mol. The van der Waals surface area contributed by atoms with Crippen LogP contribution < -0.4 is 4.74 Å². The van der Waals surface area contributed by atoms with Crippen molar-refractivity contribution in [3.05, 3.63) is 101 Å². The molecule has 0 radical (unpaired) electrons. The SMILES string of the molecule is COC(=O)c1c(-c2ccccc2OCc2cccc(Cl)c2)nn(-c2ccccc2)c1C(=O)OC. The lowest BCUT2D eigenvalue weighted by atomic mass is 10.0. The molecule has 0 unspecified atom stereocenters. The Morgan fingerprint density at radius 2 is 1.59 bits per heavy atom. The third kappa shape index (κ3) is 4.65. The fourth-order valence-electron chi connectivity index (χ4n) is 3.52. The van der Waals surface area contributed by atoms with E-state index < -0.39 is 11.9 Å². The summed E-state index contributed by atoms with van der Waals surface area (Å²) in [6.07, 6.45) is 0. The summed E-state index contributed by atoms with van der Waals surface area (Å²) in [6.45, 7) is 0.244. The van der Waals surface area contributed by atoms with Gasteiger partial charge < -0.3 is 14.2 Å². The van der Waals surface area contributed by atoms with Gasteiger partial charge >= 0.3 is 11.9 Å². The first-order valence-electron chi connectivity index (χ1n) is 10.3. The molecule has 0 bridgehead atoms. The number of methoxy groups -OCH3 is 2. The van der Waals surface area contributed by atoms with E-state index in [2.05, 4.69) is 5.10 Å². The fraction of sp³-hybridized carbons (Fsp3) is 0.115. The van der Waals surface area contributed by atoms with Gasteiger partial charge in [0.1, 0.15) is 23.6 Å². The molecule has 0 aliphatic heterocycles. The summed E-state index contributed by atoms with van der Waals surface area (Å²) in [5.74, 6) is -0.968. The van der Waals surface area contributed by atoms with Crippen molar-refractivity contribution in [2.75, 3.05) is 14.2 Å². The number of halogens is 1. The minimum atomic E-state index is -0.722. The molecule has 0 spiro atoms. The van der Waals surface area contributed by atoms with Gasteiger partial charge in [-0.3, -0.25) is 0 Å². The zero-order chi connectivity index (χ0) is 24.1. The lowest BCUT2D eigenvalue weighted by molar-refractivity contribution is 0.0549. The zero-order valence-corrected chi connectivity index (χ0v) is 19.3. The molecule has 0 aliphatic rings. The van der Waals surface area contributed by atoms with Crippen LogP contribution in [0.15, 0.2) is 78.9 Å². The molecule has 1 heterocycles. The number of esters is 2. The van der Waals surface area contributed by atoms with Crippen LogP contribution in [0.4, 0.5) is 0 Å². The molecule has 0 amide bonds. The van der Waals surface area contributed by atoms with Crippen molar-refractivity contribution >= 4 is 23.5 Å². The van der Waals surface area contributed by atoms with Crippen LogP contribution in [0.5, 0.6) is 5.75 Å². The Hall–Kier alpha value is -4.10. The maximum absolute atomic E-state index is 12.9. The normalized spacial score (nSPS) is 10.6. The van der Waals surface area contributed by atoms with Crippen molar-refractivity contribution in [2.45, 2.75) is 6.61 Å². The van der Waals surface area contributed by atoms with Crippen LogP contribution >= 0.6 is 11.6 Å². The van der Waals surface area contributed by atoms with Gasteiger partial charge in [0.05, 0.1) is 19.9 Å². The predicted octanol–water partition coefficient (Wildman–Crippen LogP) is 5.34. The third-order valence-electron chi connectivity index (χ3n) is 5.08. The van der Waals surface area contributed by atoms with Gasteiger partial charge in [-0.25, -0.2) is 14.3 Å². The second-order valence-corrected chi connectivity index (χ2v) is 7.65. The van der Waals surface area contributed by atoms with Crippen LogP contribution in [0, 0.1) is 0 Å². The minimum Gasteiger partial charge on any atom is -0.488 e. The van der Waals surface area contributed by atoms with Crippen molar-refractivity contribution in [2.24, 2.45) is 0 Å². The number of carbonyl (C=O) groups is 2. The number of hydrogen-bond donors (Lipinski definition) is 0. The Balaban J connectivity index is 1.87. The van der Waals surface area contributed by atoms with Crippen molar-refractivity contribution in [1.29, 1.82) is 0 Å². The number of carbonyl (C=O) groups excluding carboxylic acids is 2. The molecule has 0 atom stereocenters. The molecule has 172 valence electrons. The highest BCUT2D eigenvalue weighted by Gasteiger charge is 2.32. The minimum absolute atomic E-state index is 0.0167. The molecule has 3 aromatic carbocycles. The molecule has 34 heavy (non-hydrogen) atoms. The lowest BCUT2D eigenvalue weighted by Crippen LogP contribution is -2.15. The van der Waals surface area contributed by atoms with E-state index in [1.807, 2.05) is 30.3 Å². The molecule has 0 fully saturated rings. The Morgan fingerprint density at radius 3 is 2.29 bits per heavy atom. The standard InChI is InChI=1S/C26H21ClN2O5/c1-32-25(30)22-23(28-29(24(22)26(31)33-2)19-11-4-3-5-12-19)20-13-6-7-14-21(20)34-16-17-9-8-10-18(27)15-17/h3-15H,16H2,1-2H3. The summed E-state index contributed by atoms with van der Waals surface area (Å²) in [5, 5.41) is 5.24. The fourth-order valence-corrected chi connectivity index (χ4v) is 3.73. The van der Waals surface area contributed by atoms with E-state index in [1.54, 1.807) is 48.5 Å². The van der Waals surface area contributed by atoms with Crippen LogP contribution in [0.2, 0.25) is 5.02 Å². The molecule has 4 aromatic rings. The topological polar surface area (TPSA) is 79.7 Å². The summed E-state index contributed by atoms with van der Waals surface area (Å²) >= 11 is 6.08. The van der Waals surface area contributed by atoms with Crippen LogP contribution in [-0.4, -0.2) is 35.9 Å². The summed E-state index contributed by atoms with van der Waals surface area (Å²) in [5.41, 5.74) is 2.15. The Morgan fingerprint density at radius 1 is 0.882 bits per heavy atom. The number of benzene rings is 3. The number of aromatic nitrogens is 2. The highest BCUT2D eigenvalue weighted by molar-refractivity contribution is 6.30. The maximum atomic E-state index is 12.9. The monoisotopic (exact) mass is 476 g/mol. The van der Waals surface area contributed by atoms with Gasteiger partial charge in [-0.05, 0) is 42.0 Å². The van der Waals surface area contributed by atoms with Gasteiger partial charge in [0.2, 0.25) is 0 Å². The van der Waals surface area contributed by atoms with Crippen molar-refractivity contribution in [3.63, 3.8) is 0 Å². The van der Waals surface area contributed by atoms with Crippen molar-refractivity contribution in [3.8, 4) is 22.7 Å². The van der Waals surface area contributed by atoms with Gasteiger partial charge in [-0.15, -0.1) is 0 Å². The Labute approximate surface area is 201 Å². The summed E-state index contributed by atoms with van der Waals surface area (Å²) in [4.78, 5) is 25.7. The van der Waals surface area contributed by atoms with Gasteiger partial charge in [-0.2, -0.15) is 5.10 Å². The number of rotatable bonds is 7. The van der Waals surface area contributed by atoms with Gasteiger partial charge in [0, 0.05) is 10.6 Å². The molecular weight excluding hydrogens is 456 g/mol. The molecule has 0 saturated heterocycles. The number of para-hydroxylation sites is 2. The predicted molar refractivity (Wildman–Crippen MR) is 127 cm³/mol. The summed E-state index contributed by atoms with van der Waals surface area (Å²) < 4.78 is 17.4. The van der Waals surface area contributed by atoms with E-state index in [-0.39, 0.29) is 23.6 Å². The van der Waals surface area contributed by atoms with Gasteiger partial charge in [0.15, 0.2) is 5.69 Å². The summed E-state index contributed by atoms with van der Waals surface area (Å²) in [6, 6.07) is 23.4. The third-order valence-corrected chi connectivity index (χ3v) is 5.32. The molecule has 0 aliphatic carbocycles. The maximum Gasteiger partial charge on any atom is 0.357 e. The zero-order valence-electron chi connectivity index (χ0n) is 18.5.